The zero-order valence-corrected chi connectivity index (χ0v) is 11.1. The fourth-order valence-electron chi connectivity index (χ4n) is 2.99. The Morgan fingerprint density at radius 3 is 2.12 bits per heavy atom. The van der Waals surface area contributed by atoms with E-state index in [1.54, 1.807) is 6.08 Å². The molecule has 1 aliphatic heterocycles. The van der Waals surface area contributed by atoms with Crippen LogP contribution in [0.3, 0.4) is 0 Å². The second kappa shape index (κ2) is 4.58. The van der Waals surface area contributed by atoms with E-state index in [4.69, 9.17) is 0 Å². The summed E-state index contributed by atoms with van der Waals surface area (Å²) < 4.78 is 4.19. The number of rotatable bonds is 2. The Hall–Kier alpha value is -0.210. The molecule has 1 saturated carbocycles. The quantitative estimate of drug-likeness (QED) is 0.546. The predicted molar refractivity (Wildman–Crippen MR) is 67.8 cm³/mol. The van der Waals surface area contributed by atoms with Crippen LogP contribution in [0.4, 0.5) is 0 Å². The molecule has 0 bridgehead atoms. The van der Waals surface area contributed by atoms with Crippen molar-refractivity contribution < 1.29 is 4.89 Å². The molecule has 3 nitrogen and oxygen atoms in total. The third-order valence-corrected chi connectivity index (χ3v) is 6.94. The molecule has 16 heavy (non-hydrogen) atoms. The van der Waals surface area contributed by atoms with Crippen molar-refractivity contribution >= 4 is 7.79 Å². The molecule has 0 unspecified atom stereocenters. The van der Waals surface area contributed by atoms with Gasteiger partial charge in [0, 0.05) is 14.1 Å². The lowest BCUT2D eigenvalue weighted by Gasteiger charge is -2.34. The van der Waals surface area contributed by atoms with Gasteiger partial charge in [0.1, 0.15) is 7.79 Å². The van der Waals surface area contributed by atoms with Crippen LogP contribution in [0.25, 0.3) is 0 Å². The molecule has 1 aliphatic carbocycles. The summed E-state index contributed by atoms with van der Waals surface area (Å²) in [6, 6.07) is 0.943. The fourth-order valence-corrected chi connectivity index (χ4v) is 5.59. The van der Waals surface area contributed by atoms with Gasteiger partial charge in [-0.2, -0.15) is 9.34 Å². The summed E-state index contributed by atoms with van der Waals surface area (Å²) in [6.07, 6.45) is 8.40. The molecule has 4 heteroatoms. The second-order valence-corrected chi connectivity index (χ2v) is 7.47. The molecule has 2 fully saturated rings. The molecule has 90 valence electrons. The Labute approximate surface area is 99.0 Å². The van der Waals surface area contributed by atoms with Crippen molar-refractivity contribution in [3.8, 4) is 0 Å². The maximum atomic E-state index is 12.9. The van der Waals surface area contributed by atoms with E-state index in [9.17, 15) is 4.89 Å². The molecule has 0 aromatic heterocycles. The van der Waals surface area contributed by atoms with Gasteiger partial charge in [-0.25, -0.2) is 0 Å². The van der Waals surface area contributed by atoms with Gasteiger partial charge in [0.25, 0.3) is 0 Å². The van der Waals surface area contributed by atoms with Gasteiger partial charge in [0.2, 0.25) is 0 Å². The molecular formula is C12H21N2OP. The van der Waals surface area contributed by atoms with Crippen LogP contribution in [0.2, 0.25) is 0 Å². The van der Waals surface area contributed by atoms with Crippen molar-refractivity contribution in [2.45, 2.75) is 37.8 Å². The van der Waals surface area contributed by atoms with E-state index in [-0.39, 0.29) is 0 Å². The van der Waals surface area contributed by atoms with Crippen molar-refractivity contribution in [2.24, 2.45) is 0 Å². The molecule has 0 aromatic rings. The number of nitrogens with zero attached hydrogens (tertiary/aromatic N) is 2. The first-order valence-electron chi connectivity index (χ1n) is 5.98. The van der Waals surface area contributed by atoms with Crippen molar-refractivity contribution in [1.29, 1.82) is 0 Å². The van der Waals surface area contributed by atoms with Crippen LogP contribution < -0.4 is 4.89 Å². The smallest absolute Gasteiger partial charge is 0.133 e. The first kappa shape index (κ1) is 12.3. The average Bonchev–Trinajstić information content (AvgIpc) is 2.51. The molecule has 1 saturated heterocycles. The lowest BCUT2D eigenvalue weighted by atomic mass is 9.91. The number of fused-ring (bicyclic) bond motifs is 1. The summed E-state index contributed by atoms with van der Waals surface area (Å²) in [5, 5.41) is 0. The van der Waals surface area contributed by atoms with Gasteiger partial charge >= 0.3 is 0 Å². The molecule has 0 aromatic carbocycles. The van der Waals surface area contributed by atoms with Crippen LogP contribution in [0.1, 0.15) is 25.7 Å². The van der Waals surface area contributed by atoms with E-state index in [2.05, 4.69) is 15.9 Å². The largest absolute Gasteiger partial charge is 0.647 e. The minimum absolute atomic E-state index is 0.471. The van der Waals surface area contributed by atoms with Crippen LogP contribution in [0.5, 0.6) is 0 Å². The van der Waals surface area contributed by atoms with E-state index in [0.717, 1.165) is 0 Å². The molecule has 0 amide bonds. The molecular weight excluding hydrogens is 219 g/mol. The van der Waals surface area contributed by atoms with Crippen LogP contribution in [0.15, 0.2) is 24.5 Å². The number of allylic oxidation sites excluding steroid dienone is 2. The lowest BCUT2D eigenvalue weighted by Crippen LogP contribution is -2.37. The van der Waals surface area contributed by atoms with Gasteiger partial charge in [0.15, 0.2) is 0 Å². The Bertz CT molecular complexity index is 287. The number of likely N-dealkylation sites (N-methyl/N-ethyl adjacent to an activating group) is 2. The Morgan fingerprint density at radius 1 is 1.19 bits per heavy atom. The fraction of sp³-hybridized carbons (Fsp3) is 0.667. The molecule has 0 radical (unpaired) electrons. The molecule has 0 N–H and O–H groups in total. The highest BCUT2D eigenvalue weighted by Gasteiger charge is 2.54. The Morgan fingerprint density at radius 2 is 1.69 bits per heavy atom. The topological polar surface area (TPSA) is 29.5 Å². The van der Waals surface area contributed by atoms with Crippen molar-refractivity contribution in [3.63, 3.8) is 0 Å². The highest BCUT2D eigenvalue weighted by Crippen LogP contribution is 2.65. The molecule has 0 spiro atoms. The van der Waals surface area contributed by atoms with Crippen LogP contribution >= 0.6 is 7.79 Å². The van der Waals surface area contributed by atoms with Gasteiger partial charge in [-0.15, -0.1) is 0 Å². The lowest BCUT2D eigenvalue weighted by molar-refractivity contribution is -0.185. The summed E-state index contributed by atoms with van der Waals surface area (Å²) in [4.78, 5) is 12.9. The van der Waals surface area contributed by atoms with E-state index in [1.807, 2.05) is 26.0 Å². The minimum atomic E-state index is -2.46. The zero-order chi connectivity index (χ0) is 11.8. The SMILES string of the molecule is C=C/C=C/[P+]1([O-])N(C)[C@@H]2CCCC[C@H]2N1C. The molecule has 2 rings (SSSR count). The van der Waals surface area contributed by atoms with E-state index >= 15 is 0 Å². The van der Waals surface area contributed by atoms with Crippen LogP contribution in [0, 0.1) is 0 Å². The standard InChI is InChI=1S/C12H21N2OP/c1-4-5-10-16(15)13(2)11-8-6-7-9-12(11)14(16)3/h4-5,10-12H,1,6-9H2,2-3H3/b10-5+/t11-,12-/m1/s1. The maximum Gasteiger partial charge on any atom is 0.133 e. The van der Waals surface area contributed by atoms with Gasteiger partial charge in [0.05, 0.1) is 17.9 Å². The third-order valence-electron chi connectivity index (χ3n) is 3.97. The molecule has 2 aliphatic rings. The Kier molecular flexibility index (Phi) is 3.50. The number of hydrogen-bond acceptors (Lipinski definition) is 3. The second-order valence-electron chi connectivity index (χ2n) is 4.73. The van der Waals surface area contributed by atoms with Crippen molar-refractivity contribution in [1.82, 2.24) is 9.34 Å². The van der Waals surface area contributed by atoms with E-state index in [0.29, 0.717) is 12.1 Å². The first-order chi connectivity index (χ1) is 7.61. The zero-order valence-electron chi connectivity index (χ0n) is 10.2. The van der Waals surface area contributed by atoms with Crippen LogP contribution in [-0.2, 0) is 0 Å². The van der Waals surface area contributed by atoms with Gasteiger partial charge in [-0.1, -0.05) is 25.5 Å². The van der Waals surface area contributed by atoms with Crippen molar-refractivity contribution in [2.75, 3.05) is 14.1 Å². The van der Waals surface area contributed by atoms with E-state index < -0.39 is 7.79 Å². The Balaban J connectivity index is 2.26. The average molecular weight is 240 g/mol. The van der Waals surface area contributed by atoms with Gasteiger partial charge < -0.3 is 4.89 Å². The highest BCUT2D eigenvalue weighted by molar-refractivity contribution is 7.67. The van der Waals surface area contributed by atoms with Gasteiger partial charge in [-0.3, -0.25) is 0 Å². The molecule has 2 atom stereocenters. The maximum absolute atomic E-state index is 12.9. The molecule has 1 heterocycles. The summed E-state index contributed by atoms with van der Waals surface area (Å²) >= 11 is 0. The number of hydrogen-bond donors (Lipinski definition) is 0. The monoisotopic (exact) mass is 240 g/mol. The predicted octanol–water partition coefficient (Wildman–Crippen LogP) is 2.00. The summed E-state index contributed by atoms with van der Waals surface area (Å²) in [5.41, 5.74) is 0. The van der Waals surface area contributed by atoms with Crippen LogP contribution in [-0.4, -0.2) is 35.5 Å². The summed E-state index contributed by atoms with van der Waals surface area (Å²) in [5.74, 6) is 1.83. The first-order valence-corrected chi connectivity index (χ1v) is 7.66. The van der Waals surface area contributed by atoms with Gasteiger partial charge in [-0.05, 0) is 18.9 Å². The highest BCUT2D eigenvalue weighted by atomic mass is 31.2. The summed E-state index contributed by atoms with van der Waals surface area (Å²) in [6.45, 7) is 3.65. The van der Waals surface area contributed by atoms with Crippen molar-refractivity contribution in [3.05, 3.63) is 24.5 Å². The summed E-state index contributed by atoms with van der Waals surface area (Å²) in [7, 11) is 1.54. The normalized spacial score (nSPS) is 35.4. The minimum Gasteiger partial charge on any atom is -0.647 e. The van der Waals surface area contributed by atoms with E-state index in [1.165, 1.54) is 25.7 Å². The third kappa shape index (κ3) is 1.76.